The average molecular weight is 370 g/mol. The third kappa shape index (κ3) is 3.56. The standard InChI is InChI=1S/C19H22N4O4/c1-18(2,3)26-17(25)23-11-19(6-7-19)9-13(23)14(24)16-21-15(22-27-16)12-5-4-8-20-10-12/h4-5,8,10,13H,6-7,9,11H2,1-3H3/t13-/m0/s1. The van der Waals surface area contributed by atoms with Crippen molar-refractivity contribution in [1.82, 2.24) is 20.0 Å². The summed E-state index contributed by atoms with van der Waals surface area (Å²) in [6.45, 7) is 5.95. The van der Waals surface area contributed by atoms with Crippen LogP contribution in [0.2, 0.25) is 0 Å². The highest BCUT2D eigenvalue weighted by atomic mass is 16.6. The fourth-order valence-electron chi connectivity index (χ4n) is 3.42. The largest absolute Gasteiger partial charge is 0.444 e. The number of ether oxygens (including phenoxy) is 1. The molecule has 8 nitrogen and oxygen atoms in total. The summed E-state index contributed by atoms with van der Waals surface area (Å²) in [6, 6.07) is 2.91. The summed E-state index contributed by atoms with van der Waals surface area (Å²) >= 11 is 0. The minimum atomic E-state index is -0.635. The Morgan fingerprint density at radius 3 is 2.74 bits per heavy atom. The smallest absolute Gasteiger partial charge is 0.410 e. The molecule has 0 N–H and O–H groups in total. The maximum absolute atomic E-state index is 13.0. The van der Waals surface area contributed by atoms with Gasteiger partial charge in [-0.1, -0.05) is 5.16 Å². The van der Waals surface area contributed by atoms with E-state index >= 15 is 0 Å². The summed E-state index contributed by atoms with van der Waals surface area (Å²) in [6.07, 6.45) is 5.40. The second kappa shape index (κ2) is 6.14. The van der Waals surface area contributed by atoms with Gasteiger partial charge in [0.1, 0.15) is 11.6 Å². The molecular formula is C19H22N4O4. The third-order valence-electron chi connectivity index (χ3n) is 4.95. The van der Waals surface area contributed by atoms with Crippen LogP contribution in [-0.4, -0.2) is 50.1 Å². The van der Waals surface area contributed by atoms with E-state index < -0.39 is 17.7 Å². The number of ketones is 1. The summed E-state index contributed by atoms with van der Waals surface area (Å²) in [5.41, 5.74) is 0.0696. The van der Waals surface area contributed by atoms with Crippen LogP contribution < -0.4 is 0 Å². The first-order valence-corrected chi connectivity index (χ1v) is 9.04. The van der Waals surface area contributed by atoms with Gasteiger partial charge in [-0.25, -0.2) is 4.79 Å². The number of hydrogen-bond donors (Lipinski definition) is 0. The highest BCUT2D eigenvalue weighted by molar-refractivity contribution is 5.98. The molecule has 1 saturated carbocycles. The van der Waals surface area contributed by atoms with E-state index in [2.05, 4.69) is 15.1 Å². The van der Waals surface area contributed by atoms with Crippen LogP contribution in [0.4, 0.5) is 4.79 Å². The van der Waals surface area contributed by atoms with Crippen LogP contribution >= 0.6 is 0 Å². The molecule has 1 amide bonds. The molecule has 1 saturated heterocycles. The number of nitrogens with zero attached hydrogens (tertiary/aromatic N) is 4. The van der Waals surface area contributed by atoms with Crippen LogP contribution in [0.3, 0.4) is 0 Å². The summed E-state index contributed by atoms with van der Waals surface area (Å²) in [5, 5.41) is 3.88. The van der Waals surface area contributed by atoms with Gasteiger partial charge in [-0.05, 0) is 57.6 Å². The van der Waals surface area contributed by atoms with Crippen molar-refractivity contribution in [2.45, 2.75) is 51.7 Å². The van der Waals surface area contributed by atoms with E-state index in [9.17, 15) is 9.59 Å². The topological polar surface area (TPSA) is 98.4 Å². The van der Waals surface area contributed by atoms with Gasteiger partial charge in [-0.2, -0.15) is 4.98 Å². The Morgan fingerprint density at radius 1 is 1.33 bits per heavy atom. The number of likely N-dealkylation sites (tertiary alicyclic amines) is 1. The van der Waals surface area contributed by atoms with Gasteiger partial charge < -0.3 is 9.26 Å². The minimum Gasteiger partial charge on any atom is -0.444 e. The van der Waals surface area contributed by atoms with Gasteiger partial charge in [-0.15, -0.1) is 0 Å². The monoisotopic (exact) mass is 370 g/mol. The second-order valence-corrected chi connectivity index (χ2v) is 8.36. The predicted octanol–water partition coefficient (Wildman–Crippen LogP) is 3.10. The van der Waals surface area contributed by atoms with E-state index in [1.807, 2.05) is 20.8 Å². The number of pyridine rings is 1. The highest BCUT2D eigenvalue weighted by Gasteiger charge is 2.56. The zero-order chi connectivity index (χ0) is 19.2. The van der Waals surface area contributed by atoms with E-state index in [1.54, 1.807) is 24.5 Å². The first-order chi connectivity index (χ1) is 12.8. The van der Waals surface area contributed by atoms with Crippen molar-refractivity contribution in [3.63, 3.8) is 0 Å². The van der Waals surface area contributed by atoms with Crippen LogP contribution in [0.25, 0.3) is 11.4 Å². The first-order valence-electron chi connectivity index (χ1n) is 9.04. The number of Topliss-reactive ketones (excluding diaryl/α,β-unsaturated/α-hetero) is 1. The average Bonchev–Trinajstić information content (AvgIpc) is 3.05. The molecule has 0 bridgehead atoms. The molecule has 0 unspecified atom stereocenters. The van der Waals surface area contributed by atoms with Crippen molar-refractivity contribution in [3.8, 4) is 11.4 Å². The van der Waals surface area contributed by atoms with Crippen molar-refractivity contribution in [1.29, 1.82) is 0 Å². The van der Waals surface area contributed by atoms with Gasteiger partial charge in [-0.3, -0.25) is 14.7 Å². The maximum atomic E-state index is 13.0. The molecule has 2 aromatic heterocycles. The number of rotatable bonds is 3. The number of hydrogen-bond acceptors (Lipinski definition) is 7. The minimum absolute atomic E-state index is 0.0312. The molecule has 1 aliphatic heterocycles. The highest BCUT2D eigenvalue weighted by Crippen LogP contribution is 2.55. The zero-order valence-corrected chi connectivity index (χ0v) is 15.6. The molecule has 27 heavy (non-hydrogen) atoms. The lowest BCUT2D eigenvalue weighted by molar-refractivity contribution is 0.0211. The zero-order valence-electron chi connectivity index (χ0n) is 15.6. The van der Waals surface area contributed by atoms with Gasteiger partial charge >= 0.3 is 6.09 Å². The quantitative estimate of drug-likeness (QED) is 0.766. The molecule has 2 aliphatic rings. The van der Waals surface area contributed by atoms with Crippen molar-refractivity contribution in [2.75, 3.05) is 6.54 Å². The molecule has 2 fully saturated rings. The van der Waals surface area contributed by atoms with Gasteiger partial charge in [0.25, 0.3) is 5.89 Å². The van der Waals surface area contributed by atoms with Gasteiger partial charge in [0, 0.05) is 24.5 Å². The molecule has 8 heteroatoms. The normalized spacial score (nSPS) is 20.7. The fourth-order valence-corrected chi connectivity index (χ4v) is 3.42. The summed E-state index contributed by atoms with van der Waals surface area (Å²) in [5.74, 6) is -0.133. The molecule has 1 spiro atoms. The molecule has 142 valence electrons. The summed E-state index contributed by atoms with van der Waals surface area (Å²) in [7, 11) is 0. The van der Waals surface area contributed by atoms with Crippen LogP contribution in [0.5, 0.6) is 0 Å². The van der Waals surface area contributed by atoms with Crippen LogP contribution in [0.15, 0.2) is 29.0 Å². The van der Waals surface area contributed by atoms with E-state index in [4.69, 9.17) is 9.26 Å². The first kappa shape index (κ1) is 17.6. The summed E-state index contributed by atoms with van der Waals surface area (Å²) in [4.78, 5) is 35.4. The number of carbonyl (C=O) groups excluding carboxylic acids is 2. The Hall–Kier alpha value is -2.77. The predicted molar refractivity (Wildman–Crippen MR) is 94.9 cm³/mol. The molecule has 4 rings (SSSR count). The third-order valence-corrected chi connectivity index (χ3v) is 4.95. The molecule has 0 radical (unpaired) electrons. The van der Waals surface area contributed by atoms with Crippen molar-refractivity contribution in [3.05, 3.63) is 30.4 Å². The fraction of sp³-hybridized carbons (Fsp3) is 0.526. The number of amides is 1. The maximum Gasteiger partial charge on any atom is 0.410 e. The SMILES string of the molecule is CC(C)(C)OC(=O)N1CC2(CC2)C[C@H]1C(=O)c1nc(-c2cccnc2)no1. The van der Waals surface area contributed by atoms with Crippen molar-refractivity contribution < 1.29 is 18.8 Å². The molecule has 0 aromatic carbocycles. The van der Waals surface area contributed by atoms with Crippen molar-refractivity contribution in [2.24, 2.45) is 5.41 Å². The van der Waals surface area contributed by atoms with Gasteiger partial charge in [0.2, 0.25) is 11.6 Å². The lowest BCUT2D eigenvalue weighted by atomic mass is 10.0. The van der Waals surface area contributed by atoms with E-state index in [0.29, 0.717) is 24.4 Å². The molecular weight excluding hydrogens is 348 g/mol. The second-order valence-electron chi connectivity index (χ2n) is 8.36. The van der Waals surface area contributed by atoms with E-state index in [0.717, 1.165) is 12.8 Å². The van der Waals surface area contributed by atoms with E-state index in [1.165, 1.54) is 4.90 Å². The Kier molecular flexibility index (Phi) is 4.01. The van der Waals surface area contributed by atoms with Crippen LogP contribution in [0.1, 0.15) is 50.7 Å². The lowest BCUT2D eigenvalue weighted by Gasteiger charge is -2.27. The van der Waals surface area contributed by atoms with Crippen molar-refractivity contribution >= 4 is 11.9 Å². The van der Waals surface area contributed by atoms with Crippen LogP contribution in [-0.2, 0) is 4.74 Å². The number of aromatic nitrogens is 3. The Balaban J connectivity index is 1.56. The van der Waals surface area contributed by atoms with E-state index in [-0.39, 0.29) is 17.1 Å². The van der Waals surface area contributed by atoms with Gasteiger partial charge in [0.05, 0.1) is 0 Å². The number of carbonyl (C=O) groups is 2. The molecule has 3 heterocycles. The lowest BCUT2D eigenvalue weighted by Crippen LogP contribution is -2.43. The molecule has 1 aliphatic carbocycles. The Bertz CT molecular complexity index is 867. The summed E-state index contributed by atoms with van der Waals surface area (Å²) < 4.78 is 10.7. The molecule has 2 aromatic rings. The Labute approximate surface area is 156 Å². The van der Waals surface area contributed by atoms with Gasteiger partial charge in [0.15, 0.2) is 0 Å². The van der Waals surface area contributed by atoms with Crippen LogP contribution in [0, 0.1) is 5.41 Å². The molecule has 1 atom stereocenters. The Morgan fingerprint density at radius 2 is 2.11 bits per heavy atom.